The molecule has 5 heteroatoms. The van der Waals surface area contributed by atoms with Crippen molar-refractivity contribution >= 4 is 17.5 Å². The predicted octanol–water partition coefficient (Wildman–Crippen LogP) is 4.04. The largest absolute Gasteiger partial charge is 0.352 e. The Labute approximate surface area is 176 Å². The molecule has 2 aromatic carbocycles. The van der Waals surface area contributed by atoms with Gasteiger partial charge in [0, 0.05) is 30.7 Å². The zero-order chi connectivity index (χ0) is 20.9. The number of rotatable bonds is 6. The lowest BCUT2D eigenvalue weighted by Gasteiger charge is -2.22. The van der Waals surface area contributed by atoms with Crippen LogP contribution in [0.25, 0.3) is 0 Å². The van der Waals surface area contributed by atoms with Gasteiger partial charge in [0.05, 0.1) is 11.1 Å². The molecular weight excluding hydrogens is 374 g/mol. The molecule has 0 aliphatic carbocycles. The van der Waals surface area contributed by atoms with Gasteiger partial charge in [0.1, 0.15) is 0 Å². The number of fused-ring (bicyclic) bond motifs is 1. The second-order valence-corrected chi connectivity index (χ2v) is 7.66. The maximum atomic E-state index is 13.2. The zero-order valence-corrected chi connectivity index (χ0v) is 17.0. The molecule has 1 atom stereocenters. The lowest BCUT2D eigenvalue weighted by Crippen LogP contribution is -2.36. The van der Waals surface area contributed by atoms with Crippen molar-refractivity contribution in [1.82, 2.24) is 10.3 Å². The second kappa shape index (κ2) is 8.91. The number of carbonyl (C=O) groups excluding carboxylic acids is 2. The quantitative estimate of drug-likeness (QED) is 0.637. The predicted molar refractivity (Wildman–Crippen MR) is 118 cm³/mol. The van der Waals surface area contributed by atoms with Crippen LogP contribution < -0.4 is 10.2 Å². The average Bonchev–Trinajstić information content (AvgIpc) is 3.12. The van der Waals surface area contributed by atoms with Gasteiger partial charge in [-0.05, 0) is 49.4 Å². The number of para-hydroxylation sites is 1. The van der Waals surface area contributed by atoms with E-state index in [1.54, 1.807) is 11.0 Å². The lowest BCUT2D eigenvalue weighted by molar-refractivity contribution is 0.0953. The van der Waals surface area contributed by atoms with Gasteiger partial charge in [0.15, 0.2) is 0 Å². The highest BCUT2D eigenvalue weighted by molar-refractivity contribution is 6.08. The summed E-state index contributed by atoms with van der Waals surface area (Å²) >= 11 is 0. The number of nitrogens with one attached hydrogen (secondary N) is 1. The molecule has 4 rings (SSSR count). The van der Waals surface area contributed by atoms with Crippen LogP contribution in [0.3, 0.4) is 0 Å². The molecule has 1 aromatic heterocycles. The van der Waals surface area contributed by atoms with Gasteiger partial charge in [0.25, 0.3) is 11.8 Å². The molecule has 0 saturated carbocycles. The molecule has 2 amide bonds. The maximum Gasteiger partial charge on any atom is 0.260 e. The summed E-state index contributed by atoms with van der Waals surface area (Å²) in [6.45, 7) is 2.61. The summed E-state index contributed by atoms with van der Waals surface area (Å²) in [5.74, 6) is -0.334. The summed E-state index contributed by atoms with van der Waals surface area (Å²) in [5, 5.41) is 2.93. The summed E-state index contributed by atoms with van der Waals surface area (Å²) in [6.07, 6.45) is 5.62. The Morgan fingerprint density at radius 3 is 2.60 bits per heavy atom. The van der Waals surface area contributed by atoms with E-state index in [0.717, 1.165) is 24.9 Å². The van der Waals surface area contributed by atoms with Gasteiger partial charge in [-0.25, -0.2) is 0 Å². The summed E-state index contributed by atoms with van der Waals surface area (Å²) in [6, 6.07) is 19.8. The lowest BCUT2D eigenvalue weighted by atomic mass is 10.1. The van der Waals surface area contributed by atoms with Gasteiger partial charge < -0.3 is 10.2 Å². The smallest absolute Gasteiger partial charge is 0.260 e. The number of pyridine rings is 1. The standard InChI is InChI=1S/C25H25N3O2/c1-18-14-20-11-5-6-12-23(20)28(18)25(30)22-15-21(16-26-17-22)24(29)27-13-7-10-19-8-3-2-4-9-19/h2-6,8-9,11-12,15-18H,7,10,13-14H2,1H3,(H,27,29). The van der Waals surface area contributed by atoms with Crippen molar-refractivity contribution in [1.29, 1.82) is 0 Å². The van der Waals surface area contributed by atoms with Crippen molar-refractivity contribution in [3.63, 3.8) is 0 Å². The normalized spacial score (nSPS) is 15.0. The Hall–Kier alpha value is -3.47. The van der Waals surface area contributed by atoms with Gasteiger partial charge in [-0.3, -0.25) is 14.6 Å². The fourth-order valence-corrected chi connectivity index (χ4v) is 3.94. The molecule has 152 valence electrons. The summed E-state index contributed by atoms with van der Waals surface area (Å²) in [7, 11) is 0. The molecular formula is C25H25N3O2. The highest BCUT2D eigenvalue weighted by atomic mass is 16.2. The van der Waals surface area contributed by atoms with Gasteiger partial charge in [0.2, 0.25) is 0 Å². The van der Waals surface area contributed by atoms with Crippen LogP contribution in [0.4, 0.5) is 5.69 Å². The molecule has 1 aliphatic rings. The number of amides is 2. The van der Waals surface area contributed by atoms with E-state index in [1.165, 1.54) is 23.5 Å². The molecule has 0 fully saturated rings. The number of aromatic nitrogens is 1. The van der Waals surface area contributed by atoms with E-state index in [1.807, 2.05) is 43.3 Å². The van der Waals surface area contributed by atoms with Gasteiger partial charge in [-0.15, -0.1) is 0 Å². The van der Waals surface area contributed by atoms with Gasteiger partial charge >= 0.3 is 0 Å². The monoisotopic (exact) mass is 399 g/mol. The van der Waals surface area contributed by atoms with Crippen molar-refractivity contribution in [3.8, 4) is 0 Å². The topological polar surface area (TPSA) is 62.3 Å². The van der Waals surface area contributed by atoms with Crippen molar-refractivity contribution in [2.24, 2.45) is 0 Å². The van der Waals surface area contributed by atoms with E-state index in [4.69, 9.17) is 0 Å². The molecule has 0 saturated heterocycles. The van der Waals surface area contributed by atoms with Crippen LogP contribution >= 0.6 is 0 Å². The van der Waals surface area contributed by atoms with Gasteiger partial charge in [-0.2, -0.15) is 0 Å². The minimum absolute atomic E-state index is 0.0744. The number of nitrogens with zero attached hydrogens (tertiary/aromatic N) is 2. The minimum atomic E-state index is -0.208. The Morgan fingerprint density at radius 1 is 1.03 bits per heavy atom. The van der Waals surface area contributed by atoms with Crippen LogP contribution in [-0.4, -0.2) is 29.4 Å². The maximum absolute atomic E-state index is 13.2. The Kier molecular flexibility index (Phi) is 5.89. The van der Waals surface area contributed by atoms with Crippen molar-refractivity contribution in [3.05, 3.63) is 95.3 Å². The SMILES string of the molecule is CC1Cc2ccccc2N1C(=O)c1cncc(C(=O)NCCCc2ccccc2)c1. The van der Waals surface area contributed by atoms with Crippen LogP contribution in [-0.2, 0) is 12.8 Å². The average molecular weight is 399 g/mol. The van der Waals surface area contributed by atoms with Crippen molar-refractivity contribution < 1.29 is 9.59 Å². The van der Waals surface area contributed by atoms with Crippen LogP contribution in [0.5, 0.6) is 0 Å². The molecule has 0 radical (unpaired) electrons. The highest BCUT2D eigenvalue weighted by Gasteiger charge is 2.31. The van der Waals surface area contributed by atoms with Crippen LogP contribution in [0.15, 0.2) is 73.1 Å². The summed E-state index contributed by atoms with van der Waals surface area (Å²) < 4.78 is 0. The molecule has 5 nitrogen and oxygen atoms in total. The third-order valence-corrected chi connectivity index (χ3v) is 5.44. The third kappa shape index (κ3) is 4.25. The first-order chi connectivity index (χ1) is 14.6. The summed E-state index contributed by atoms with van der Waals surface area (Å²) in [5.41, 5.74) is 4.18. The first kappa shape index (κ1) is 19.8. The first-order valence-corrected chi connectivity index (χ1v) is 10.3. The fourth-order valence-electron chi connectivity index (χ4n) is 3.94. The number of anilines is 1. The van der Waals surface area contributed by atoms with E-state index in [-0.39, 0.29) is 17.9 Å². The molecule has 2 heterocycles. The van der Waals surface area contributed by atoms with Gasteiger partial charge in [-0.1, -0.05) is 48.5 Å². The minimum Gasteiger partial charge on any atom is -0.352 e. The number of hydrogen-bond donors (Lipinski definition) is 1. The Morgan fingerprint density at radius 2 is 1.77 bits per heavy atom. The number of aryl methyl sites for hydroxylation is 1. The zero-order valence-electron chi connectivity index (χ0n) is 17.0. The van der Waals surface area contributed by atoms with E-state index in [9.17, 15) is 9.59 Å². The van der Waals surface area contributed by atoms with Crippen LogP contribution in [0.2, 0.25) is 0 Å². The molecule has 1 aliphatic heterocycles. The van der Waals surface area contributed by atoms with E-state index in [2.05, 4.69) is 28.5 Å². The Bertz CT molecular complexity index is 1050. The van der Waals surface area contributed by atoms with E-state index in [0.29, 0.717) is 17.7 Å². The Balaban J connectivity index is 1.40. The van der Waals surface area contributed by atoms with Crippen LogP contribution in [0.1, 0.15) is 45.2 Å². The molecule has 30 heavy (non-hydrogen) atoms. The molecule has 0 bridgehead atoms. The fraction of sp³-hybridized carbons (Fsp3) is 0.240. The third-order valence-electron chi connectivity index (χ3n) is 5.44. The molecule has 0 spiro atoms. The van der Waals surface area contributed by atoms with Crippen LogP contribution in [0, 0.1) is 0 Å². The van der Waals surface area contributed by atoms with E-state index < -0.39 is 0 Å². The van der Waals surface area contributed by atoms with Crippen molar-refractivity contribution in [2.45, 2.75) is 32.2 Å². The molecule has 3 aromatic rings. The highest BCUT2D eigenvalue weighted by Crippen LogP contribution is 2.33. The van der Waals surface area contributed by atoms with E-state index >= 15 is 0 Å². The number of carbonyl (C=O) groups is 2. The van der Waals surface area contributed by atoms with Crippen molar-refractivity contribution in [2.75, 3.05) is 11.4 Å². The first-order valence-electron chi connectivity index (χ1n) is 10.3. The number of hydrogen-bond acceptors (Lipinski definition) is 3. The molecule has 1 unspecified atom stereocenters. The summed E-state index contributed by atoms with van der Waals surface area (Å²) in [4.78, 5) is 31.7. The number of benzene rings is 2. The molecule has 1 N–H and O–H groups in total. The second-order valence-electron chi connectivity index (χ2n) is 7.66.